The van der Waals surface area contributed by atoms with E-state index in [-0.39, 0.29) is 5.91 Å². The molecule has 0 aliphatic heterocycles. The Balaban J connectivity index is 1.91. The van der Waals surface area contributed by atoms with Crippen molar-refractivity contribution in [2.75, 3.05) is 25.1 Å². The molecule has 0 aliphatic carbocycles. The molecule has 35 heavy (non-hydrogen) atoms. The predicted molar refractivity (Wildman–Crippen MR) is 138 cm³/mol. The van der Waals surface area contributed by atoms with Gasteiger partial charge < -0.3 is 19.5 Å². The van der Waals surface area contributed by atoms with Crippen LogP contribution in [0.4, 0.5) is 5.69 Å². The quantitative estimate of drug-likeness (QED) is 0.316. The van der Waals surface area contributed by atoms with Gasteiger partial charge in [-0.15, -0.1) is 0 Å². The van der Waals surface area contributed by atoms with Crippen LogP contribution in [0.2, 0.25) is 0 Å². The minimum Gasteiger partial charge on any atom is -0.490 e. The summed E-state index contributed by atoms with van der Waals surface area (Å²) < 4.78 is 17.2. The number of aliphatic imine (C=N–C) groups is 1. The van der Waals surface area contributed by atoms with Crippen molar-refractivity contribution in [1.29, 1.82) is 0 Å². The van der Waals surface area contributed by atoms with Gasteiger partial charge in [-0.25, -0.2) is 4.99 Å². The zero-order valence-corrected chi connectivity index (χ0v) is 20.6. The van der Waals surface area contributed by atoms with Crippen LogP contribution >= 0.6 is 0 Å². The molecule has 8 nitrogen and oxygen atoms in total. The molecule has 1 heterocycles. The zero-order chi connectivity index (χ0) is 25.0. The Kier molecular flexibility index (Phi) is 9.48. The Morgan fingerprint density at radius 3 is 2.17 bits per heavy atom. The molecule has 0 unspecified atom stereocenters. The Labute approximate surface area is 206 Å². The highest BCUT2D eigenvalue weighted by Crippen LogP contribution is 2.39. The zero-order valence-electron chi connectivity index (χ0n) is 20.6. The molecule has 2 N–H and O–H groups in total. The Morgan fingerprint density at radius 2 is 1.57 bits per heavy atom. The Morgan fingerprint density at radius 1 is 0.914 bits per heavy atom. The van der Waals surface area contributed by atoms with E-state index >= 15 is 0 Å². The Hall–Kier alpha value is -4.07. The molecule has 0 radical (unpaired) electrons. The number of guanidine groups is 1. The number of hydrogen-bond acceptors (Lipinski definition) is 6. The molecule has 0 saturated carbocycles. The van der Waals surface area contributed by atoms with Crippen molar-refractivity contribution in [3.8, 4) is 17.2 Å². The van der Waals surface area contributed by atoms with Crippen LogP contribution in [0.5, 0.6) is 17.2 Å². The van der Waals surface area contributed by atoms with E-state index in [0.717, 1.165) is 16.8 Å². The second-order valence-corrected chi connectivity index (χ2v) is 7.57. The molecule has 0 atom stereocenters. The fourth-order valence-electron chi connectivity index (χ4n) is 3.33. The standard InChI is InChI=1S/C27H32N4O4/c1-5-33-23-16-21(17-24(34-6-2)25(23)35-7-3)26(32)31-27(29-18-20-11-13-28-14-12-20)30-22-10-8-9-19(4)15-22/h8-17H,5-7,18H2,1-4H3,(H2,29,30,31,32). The maximum absolute atomic E-state index is 13.3. The van der Waals surface area contributed by atoms with Crippen molar-refractivity contribution in [2.24, 2.45) is 4.99 Å². The summed E-state index contributed by atoms with van der Waals surface area (Å²) in [5.74, 6) is 1.35. The van der Waals surface area contributed by atoms with Crippen LogP contribution in [0.15, 0.2) is 65.9 Å². The lowest BCUT2D eigenvalue weighted by atomic mass is 10.1. The number of ether oxygens (including phenoxy) is 3. The van der Waals surface area contributed by atoms with E-state index in [9.17, 15) is 4.79 Å². The van der Waals surface area contributed by atoms with Gasteiger partial charge in [0.05, 0.1) is 26.4 Å². The molecule has 0 aliphatic rings. The van der Waals surface area contributed by atoms with Gasteiger partial charge in [0.25, 0.3) is 5.91 Å². The van der Waals surface area contributed by atoms with Crippen molar-refractivity contribution in [3.05, 3.63) is 77.6 Å². The maximum Gasteiger partial charge on any atom is 0.258 e. The molecule has 184 valence electrons. The van der Waals surface area contributed by atoms with Gasteiger partial charge in [-0.2, -0.15) is 0 Å². The third-order valence-corrected chi connectivity index (χ3v) is 4.85. The number of aromatic nitrogens is 1. The summed E-state index contributed by atoms with van der Waals surface area (Å²) in [7, 11) is 0. The van der Waals surface area contributed by atoms with Gasteiger partial charge in [0.2, 0.25) is 11.7 Å². The fraction of sp³-hybridized carbons (Fsp3) is 0.296. The summed E-state index contributed by atoms with van der Waals surface area (Å²) in [6.45, 7) is 9.29. The minimum atomic E-state index is -0.358. The molecule has 8 heteroatoms. The number of rotatable bonds is 10. The lowest BCUT2D eigenvalue weighted by molar-refractivity contribution is 0.0975. The molecule has 0 bridgehead atoms. The first-order valence-corrected chi connectivity index (χ1v) is 11.7. The highest BCUT2D eigenvalue weighted by molar-refractivity contribution is 6.10. The molecular formula is C27H32N4O4. The predicted octanol–water partition coefficient (Wildman–Crippen LogP) is 4.98. The van der Waals surface area contributed by atoms with Crippen LogP contribution in [0.25, 0.3) is 0 Å². The molecule has 1 amide bonds. The highest BCUT2D eigenvalue weighted by Gasteiger charge is 2.19. The largest absolute Gasteiger partial charge is 0.490 e. The number of carbonyl (C=O) groups is 1. The molecule has 2 aromatic carbocycles. The number of nitrogens with one attached hydrogen (secondary N) is 2. The summed E-state index contributed by atoms with van der Waals surface area (Å²) in [6.07, 6.45) is 3.42. The average molecular weight is 477 g/mol. The summed E-state index contributed by atoms with van der Waals surface area (Å²) in [4.78, 5) is 22.0. The molecule has 0 fully saturated rings. The number of amides is 1. The van der Waals surface area contributed by atoms with E-state index in [4.69, 9.17) is 14.2 Å². The number of hydrogen-bond donors (Lipinski definition) is 2. The second-order valence-electron chi connectivity index (χ2n) is 7.57. The van der Waals surface area contributed by atoms with E-state index in [1.807, 2.05) is 64.1 Å². The minimum absolute atomic E-state index is 0.321. The molecule has 0 spiro atoms. The van der Waals surface area contributed by atoms with Crippen molar-refractivity contribution < 1.29 is 19.0 Å². The number of anilines is 1. The van der Waals surface area contributed by atoms with Gasteiger partial charge in [-0.3, -0.25) is 15.1 Å². The van der Waals surface area contributed by atoms with Gasteiger partial charge in [0.15, 0.2) is 11.5 Å². The topological polar surface area (TPSA) is 94.1 Å². The van der Waals surface area contributed by atoms with Crippen LogP contribution in [0, 0.1) is 6.92 Å². The van der Waals surface area contributed by atoms with Gasteiger partial charge in [0, 0.05) is 23.6 Å². The van der Waals surface area contributed by atoms with Crippen molar-refractivity contribution in [3.63, 3.8) is 0 Å². The average Bonchev–Trinajstić information content (AvgIpc) is 2.85. The smallest absolute Gasteiger partial charge is 0.258 e. The monoisotopic (exact) mass is 476 g/mol. The first kappa shape index (κ1) is 25.6. The summed E-state index contributed by atoms with van der Waals surface area (Å²) in [5, 5.41) is 6.11. The van der Waals surface area contributed by atoms with E-state index in [0.29, 0.717) is 55.1 Å². The normalized spacial score (nSPS) is 11.0. The first-order chi connectivity index (χ1) is 17.0. The summed E-state index contributed by atoms with van der Waals surface area (Å²) >= 11 is 0. The van der Waals surface area contributed by atoms with E-state index in [1.54, 1.807) is 24.5 Å². The van der Waals surface area contributed by atoms with Crippen molar-refractivity contribution >= 4 is 17.6 Å². The third kappa shape index (κ3) is 7.46. The van der Waals surface area contributed by atoms with Gasteiger partial charge in [0.1, 0.15) is 0 Å². The van der Waals surface area contributed by atoms with E-state index in [2.05, 4.69) is 20.6 Å². The molecular weight excluding hydrogens is 444 g/mol. The molecule has 0 saturated heterocycles. The van der Waals surface area contributed by atoms with Crippen LogP contribution in [0.3, 0.4) is 0 Å². The molecule has 3 rings (SSSR count). The van der Waals surface area contributed by atoms with Crippen LogP contribution < -0.4 is 24.8 Å². The van der Waals surface area contributed by atoms with Gasteiger partial charge in [-0.1, -0.05) is 12.1 Å². The lowest BCUT2D eigenvalue weighted by Gasteiger charge is -2.17. The number of pyridine rings is 1. The van der Waals surface area contributed by atoms with Crippen molar-refractivity contribution in [1.82, 2.24) is 10.3 Å². The van der Waals surface area contributed by atoms with Crippen LogP contribution in [-0.2, 0) is 6.54 Å². The fourth-order valence-corrected chi connectivity index (χ4v) is 3.33. The number of nitrogens with zero attached hydrogens (tertiary/aromatic N) is 2. The maximum atomic E-state index is 13.3. The third-order valence-electron chi connectivity index (χ3n) is 4.85. The summed E-state index contributed by atoms with van der Waals surface area (Å²) in [5.41, 5.74) is 3.23. The number of aryl methyl sites for hydroxylation is 1. The highest BCUT2D eigenvalue weighted by atomic mass is 16.5. The van der Waals surface area contributed by atoms with Gasteiger partial charge >= 0.3 is 0 Å². The van der Waals surface area contributed by atoms with Gasteiger partial charge in [-0.05, 0) is 75.2 Å². The van der Waals surface area contributed by atoms with Crippen LogP contribution in [-0.4, -0.2) is 36.7 Å². The van der Waals surface area contributed by atoms with E-state index < -0.39 is 0 Å². The summed E-state index contributed by atoms with van der Waals surface area (Å²) in [6, 6.07) is 14.9. The molecule has 3 aromatic rings. The number of carbonyl (C=O) groups excluding carboxylic acids is 1. The van der Waals surface area contributed by atoms with E-state index in [1.165, 1.54) is 0 Å². The van der Waals surface area contributed by atoms with Crippen LogP contribution in [0.1, 0.15) is 42.3 Å². The lowest BCUT2D eigenvalue weighted by Crippen LogP contribution is -2.36. The Bertz CT molecular complexity index is 1120. The number of benzene rings is 2. The first-order valence-electron chi connectivity index (χ1n) is 11.7. The second kappa shape index (κ2) is 13.0. The SMILES string of the molecule is CCOc1cc(C(=O)NC(=NCc2ccncc2)Nc2cccc(C)c2)cc(OCC)c1OCC. The molecule has 1 aromatic heterocycles. The van der Waals surface area contributed by atoms with Crippen molar-refractivity contribution in [2.45, 2.75) is 34.2 Å².